The predicted molar refractivity (Wildman–Crippen MR) is 95.7 cm³/mol. The van der Waals surface area contributed by atoms with Gasteiger partial charge in [0.05, 0.1) is 33.5 Å². The smallest absolute Gasteiger partial charge is 0.748 e. The molecule has 0 spiro atoms. The Kier molecular flexibility index (Phi) is 17.1. The van der Waals surface area contributed by atoms with E-state index in [2.05, 4.69) is 22.6 Å². The fourth-order valence-corrected chi connectivity index (χ4v) is 1.99. The van der Waals surface area contributed by atoms with E-state index in [0.29, 0.717) is 0 Å². The first-order valence-corrected chi connectivity index (χ1v) is 10.3. The van der Waals surface area contributed by atoms with Crippen LogP contribution in [0.15, 0.2) is 24.3 Å². The van der Waals surface area contributed by atoms with E-state index < -0.39 is 43.7 Å². The van der Waals surface area contributed by atoms with Crippen molar-refractivity contribution in [3.05, 3.63) is 24.3 Å². The van der Waals surface area contributed by atoms with E-state index in [1.807, 2.05) is 0 Å². The Morgan fingerprint density at radius 2 is 1.04 bits per heavy atom. The summed E-state index contributed by atoms with van der Waals surface area (Å²) < 4.78 is 69.7. The molecule has 0 rings (SSSR count). The fourth-order valence-electron chi connectivity index (χ4n) is 1.05. The van der Waals surface area contributed by atoms with Crippen LogP contribution in [0.2, 0.25) is 0 Å². The zero-order chi connectivity index (χ0) is 21.0. The van der Waals surface area contributed by atoms with Gasteiger partial charge in [-0.3, -0.25) is 0 Å². The SMILES string of the molecule is C=C(C)C(=O)OCCCS(=O)(=O)[O-].C=C(C)C(=O)OCCCS(=O)(=O)[O-].[Mg+2]. The molecule has 27 heavy (non-hydrogen) atoms. The number of esters is 2. The first kappa shape index (κ1) is 30.7. The normalized spacial score (nSPS) is 10.5. The molecule has 0 aromatic heterocycles. The number of carbonyl (C=O) groups excluding carboxylic acids is 2. The first-order valence-electron chi connectivity index (χ1n) is 7.18. The molecule has 0 aromatic rings. The molecule has 0 atom stereocenters. The van der Waals surface area contributed by atoms with Crippen LogP contribution in [-0.2, 0) is 39.3 Å². The van der Waals surface area contributed by atoms with E-state index >= 15 is 0 Å². The summed E-state index contributed by atoms with van der Waals surface area (Å²) in [5.74, 6) is -2.20. The summed E-state index contributed by atoms with van der Waals surface area (Å²) >= 11 is 0. The van der Waals surface area contributed by atoms with Gasteiger partial charge in [0.25, 0.3) is 0 Å². The van der Waals surface area contributed by atoms with Crippen molar-refractivity contribution in [1.82, 2.24) is 0 Å². The van der Waals surface area contributed by atoms with Gasteiger partial charge in [-0.05, 0) is 26.7 Å². The average Bonchev–Trinajstić information content (AvgIpc) is 2.46. The molecule has 0 unspecified atom stereocenters. The first-order chi connectivity index (χ1) is 11.7. The van der Waals surface area contributed by atoms with Crippen molar-refractivity contribution in [1.29, 1.82) is 0 Å². The molecule has 0 aliphatic rings. The fraction of sp³-hybridized carbons (Fsp3) is 0.571. The van der Waals surface area contributed by atoms with Crippen molar-refractivity contribution >= 4 is 55.2 Å². The number of rotatable bonds is 10. The Balaban J connectivity index is -0.000000411. The van der Waals surface area contributed by atoms with Crippen molar-refractivity contribution < 1.29 is 45.0 Å². The van der Waals surface area contributed by atoms with Crippen molar-refractivity contribution in [3.8, 4) is 0 Å². The molecule has 0 aliphatic heterocycles. The van der Waals surface area contributed by atoms with Crippen molar-refractivity contribution in [2.75, 3.05) is 24.7 Å². The van der Waals surface area contributed by atoms with Gasteiger partial charge in [0.15, 0.2) is 0 Å². The van der Waals surface area contributed by atoms with Crippen LogP contribution in [-0.4, -0.2) is 85.7 Å². The van der Waals surface area contributed by atoms with Crippen LogP contribution >= 0.6 is 0 Å². The second-order valence-corrected chi connectivity index (χ2v) is 8.11. The van der Waals surface area contributed by atoms with E-state index in [0.717, 1.165) is 0 Å². The summed E-state index contributed by atoms with van der Waals surface area (Å²) in [4.78, 5) is 21.4. The van der Waals surface area contributed by atoms with E-state index in [4.69, 9.17) is 0 Å². The maximum Gasteiger partial charge on any atom is 2.00 e. The monoisotopic (exact) mass is 438 g/mol. The van der Waals surface area contributed by atoms with Gasteiger partial charge in [0, 0.05) is 22.7 Å². The Morgan fingerprint density at radius 1 is 0.778 bits per heavy atom. The molecule has 152 valence electrons. The van der Waals surface area contributed by atoms with Crippen LogP contribution in [0.25, 0.3) is 0 Å². The molecule has 0 N–H and O–H groups in total. The summed E-state index contributed by atoms with van der Waals surface area (Å²) in [5, 5.41) is 0. The molecule has 0 bridgehead atoms. The minimum Gasteiger partial charge on any atom is -0.748 e. The number of hydrogen-bond donors (Lipinski definition) is 0. The zero-order valence-electron chi connectivity index (χ0n) is 15.3. The third kappa shape index (κ3) is 25.0. The molecular weight excluding hydrogens is 417 g/mol. The number of hydrogen-bond acceptors (Lipinski definition) is 10. The molecule has 0 aromatic carbocycles. The van der Waals surface area contributed by atoms with E-state index in [1.165, 1.54) is 13.8 Å². The third-order valence-corrected chi connectivity index (χ3v) is 3.82. The minimum atomic E-state index is -4.21. The minimum absolute atomic E-state index is 0. The molecule has 10 nitrogen and oxygen atoms in total. The van der Waals surface area contributed by atoms with Crippen LogP contribution < -0.4 is 0 Å². The molecule has 0 fully saturated rings. The van der Waals surface area contributed by atoms with Gasteiger partial charge in [0.2, 0.25) is 0 Å². The molecule has 0 aliphatic carbocycles. The summed E-state index contributed by atoms with van der Waals surface area (Å²) in [6.07, 6.45) is 0.0374. The number of carbonyl (C=O) groups is 2. The molecule has 0 radical (unpaired) electrons. The predicted octanol–water partition coefficient (Wildman–Crippen LogP) is -0.299. The molecule has 0 heterocycles. The summed E-state index contributed by atoms with van der Waals surface area (Å²) in [7, 11) is -8.41. The van der Waals surface area contributed by atoms with Gasteiger partial charge in [-0.25, -0.2) is 26.4 Å². The van der Waals surface area contributed by atoms with Gasteiger partial charge in [0.1, 0.15) is 0 Å². The average molecular weight is 439 g/mol. The Morgan fingerprint density at radius 3 is 1.22 bits per heavy atom. The Bertz CT molecular complexity index is 648. The molecule has 0 amide bonds. The second-order valence-electron chi connectivity index (χ2n) is 5.06. The quantitative estimate of drug-likeness (QED) is 0.145. The molecular formula is C14H22MgO10S2. The summed E-state index contributed by atoms with van der Waals surface area (Å²) in [6.45, 7) is 9.46. The van der Waals surface area contributed by atoms with Gasteiger partial charge in [-0.2, -0.15) is 0 Å². The standard InChI is InChI=1S/2C7H12O5S.Mg/c2*1-6(2)7(8)12-4-3-5-13(9,10)11;/h2*1,3-5H2,2H3,(H,9,10,11);/q;;+2/p-2. The maximum absolute atomic E-state index is 10.7. The van der Waals surface area contributed by atoms with Gasteiger partial charge in [-0.1, -0.05) is 13.2 Å². The van der Waals surface area contributed by atoms with E-state index in [1.54, 1.807) is 0 Å². The van der Waals surface area contributed by atoms with Crippen LogP contribution in [0.5, 0.6) is 0 Å². The Labute approximate surface area is 175 Å². The van der Waals surface area contributed by atoms with Crippen molar-refractivity contribution in [2.45, 2.75) is 26.7 Å². The largest absolute Gasteiger partial charge is 2.00 e. The van der Waals surface area contributed by atoms with Gasteiger partial charge >= 0.3 is 35.0 Å². The Hall–Kier alpha value is -0.994. The number of ether oxygens (including phenoxy) is 2. The topological polar surface area (TPSA) is 167 Å². The molecule has 13 heteroatoms. The zero-order valence-corrected chi connectivity index (χ0v) is 18.3. The van der Waals surface area contributed by atoms with Crippen LogP contribution in [0.3, 0.4) is 0 Å². The van der Waals surface area contributed by atoms with E-state index in [-0.39, 0.29) is 60.3 Å². The maximum atomic E-state index is 10.7. The van der Waals surface area contributed by atoms with Crippen LogP contribution in [0.4, 0.5) is 0 Å². The van der Waals surface area contributed by atoms with Crippen LogP contribution in [0.1, 0.15) is 26.7 Å². The van der Waals surface area contributed by atoms with Crippen molar-refractivity contribution in [2.24, 2.45) is 0 Å². The second kappa shape index (κ2) is 15.0. The molecule has 0 saturated heterocycles. The van der Waals surface area contributed by atoms with Gasteiger partial charge in [-0.15, -0.1) is 0 Å². The third-order valence-electron chi connectivity index (χ3n) is 2.24. The molecule has 0 saturated carbocycles. The van der Waals surface area contributed by atoms with Gasteiger partial charge < -0.3 is 18.6 Å². The summed E-state index contributed by atoms with van der Waals surface area (Å²) in [5.41, 5.74) is 0.481. The van der Waals surface area contributed by atoms with E-state index in [9.17, 15) is 35.5 Å². The van der Waals surface area contributed by atoms with Crippen molar-refractivity contribution in [3.63, 3.8) is 0 Å². The van der Waals surface area contributed by atoms with Crippen LogP contribution in [0, 0.1) is 0 Å². The summed E-state index contributed by atoms with van der Waals surface area (Å²) in [6, 6.07) is 0.